The maximum absolute atomic E-state index is 2.41. The van der Waals surface area contributed by atoms with Gasteiger partial charge in [-0.2, -0.15) is 0 Å². The summed E-state index contributed by atoms with van der Waals surface area (Å²) in [4.78, 5) is 0. The van der Waals surface area contributed by atoms with Crippen LogP contribution in [0, 0.1) is 0 Å². The van der Waals surface area contributed by atoms with Crippen LogP contribution in [0.25, 0.3) is 0 Å². The molecule has 0 saturated heterocycles. The summed E-state index contributed by atoms with van der Waals surface area (Å²) in [6.45, 7) is 2.41. The molecule has 0 aliphatic carbocycles. The molecule has 0 heterocycles. The Bertz CT molecular complexity index is 575. The summed E-state index contributed by atoms with van der Waals surface area (Å²) in [5.41, 5.74) is 0. The number of hydrogen-bond acceptors (Lipinski definition) is 0. The van der Waals surface area contributed by atoms with Crippen molar-refractivity contribution >= 4 is 46.2 Å². The van der Waals surface area contributed by atoms with Gasteiger partial charge in [0.15, 0.2) is 0 Å². The third kappa shape index (κ3) is 3.80. The van der Waals surface area contributed by atoms with Gasteiger partial charge in [-0.25, -0.2) is 0 Å². The van der Waals surface area contributed by atoms with Crippen LogP contribution in [0.15, 0.2) is 91.0 Å². The van der Waals surface area contributed by atoms with E-state index in [1.807, 2.05) is 0 Å². The van der Waals surface area contributed by atoms with E-state index in [-0.39, 0.29) is 40.0 Å². The van der Waals surface area contributed by atoms with Crippen LogP contribution in [-0.4, -0.2) is 29.7 Å². The Labute approximate surface area is 160 Å². The third-order valence-electron chi connectivity index (χ3n) is 3.82. The highest BCUT2D eigenvalue weighted by atomic mass is 79.9. The second kappa shape index (κ2) is 8.83. The van der Waals surface area contributed by atoms with Crippen LogP contribution in [0.4, 0.5) is 0 Å². The Balaban J connectivity index is 0.00000121. The van der Waals surface area contributed by atoms with E-state index in [1.54, 1.807) is 0 Å². The number of hydrogen-bond donors (Lipinski definition) is 0. The molecule has 3 aromatic carbocycles. The zero-order chi connectivity index (χ0) is 13.8. The first-order valence-corrected chi connectivity index (χ1v) is 9.09. The number of halogens is 1. The van der Waals surface area contributed by atoms with Crippen molar-refractivity contribution in [1.82, 2.24) is 0 Å². The zero-order valence-electron chi connectivity index (χ0n) is 12.0. The van der Waals surface area contributed by atoms with Gasteiger partial charge >= 0.3 is 23.1 Å². The van der Waals surface area contributed by atoms with E-state index in [0.717, 1.165) is 0 Å². The van der Waals surface area contributed by atoms with E-state index in [9.17, 15) is 0 Å². The summed E-state index contributed by atoms with van der Waals surface area (Å²) in [6.07, 6.45) is 0. The monoisotopic (exact) mass is 382 g/mol. The Morgan fingerprint density at radius 3 is 0.955 bits per heavy atom. The molecule has 0 aliphatic heterocycles. The van der Waals surface area contributed by atoms with Gasteiger partial charge in [-0.1, -0.05) is 54.6 Å². The molecule has 0 unspecified atom stereocenters. The van der Waals surface area contributed by atoms with E-state index in [2.05, 4.69) is 97.7 Å². The molecule has 0 nitrogen and oxygen atoms in total. The SMILES string of the molecule is C[P+](c1ccccc1)(c1ccccc1)c1ccccc1.[Br-].[MgH2]. The molecular weight excluding hydrogens is 363 g/mol. The van der Waals surface area contributed by atoms with Crippen molar-refractivity contribution in [2.24, 2.45) is 0 Å². The first-order chi connectivity index (χ1) is 9.82. The van der Waals surface area contributed by atoms with Crippen LogP contribution < -0.4 is 32.9 Å². The molecule has 0 aliphatic rings. The summed E-state index contributed by atoms with van der Waals surface area (Å²) < 4.78 is 0. The number of benzene rings is 3. The Morgan fingerprint density at radius 1 is 0.500 bits per heavy atom. The zero-order valence-corrected chi connectivity index (χ0v) is 14.5. The fourth-order valence-electron chi connectivity index (χ4n) is 2.63. The van der Waals surface area contributed by atoms with Crippen LogP contribution in [0.1, 0.15) is 0 Å². The molecule has 0 amide bonds. The molecule has 0 bridgehead atoms. The molecule has 3 heteroatoms. The Morgan fingerprint density at radius 2 is 0.727 bits per heavy atom. The molecule has 0 aromatic heterocycles. The first kappa shape index (κ1) is 19.4. The van der Waals surface area contributed by atoms with Gasteiger partial charge in [0.25, 0.3) is 0 Å². The van der Waals surface area contributed by atoms with E-state index in [1.165, 1.54) is 15.9 Å². The maximum Gasteiger partial charge on any atom is 0.316 e. The van der Waals surface area contributed by atoms with E-state index < -0.39 is 7.26 Å². The van der Waals surface area contributed by atoms with Crippen molar-refractivity contribution in [3.63, 3.8) is 0 Å². The second-order valence-corrected chi connectivity index (χ2v) is 8.57. The standard InChI is InChI=1S/C19H18P.BrH.Mg.2H/c1-20(17-11-5-2-6-12-17,18-13-7-3-8-14-18)19-15-9-4-10-16-19;;;;/h2-16H,1H3;1H;;;/q+1;;;;/p-1. The van der Waals surface area contributed by atoms with Gasteiger partial charge in [0, 0.05) is 0 Å². The van der Waals surface area contributed by atoms with Crippen LogP contribution in [0.5, 0.6) is 0 Å². The summed E-state index contributed by atoms with van der Waals surface area (Å²) in [5.74, 6) is 0. The van der Waals surface area contributed by atoms with Crippen molar-refractivity contribution in [2.45, 2.75) is 0 Å². The smallest absolute Gasteiger partial charge is 0.316 e. The predicted molar refractivity (Wildman–Crippen MR) is 99.6 cm³/mol. The Hall–Kier alpha value is -0.664. The average Bonchev–Trinajstić information content (AvgIpc) is 2.56. The average molecular weight is 384 g/mol. The van der Waals surface area contributed by atoms with Crippen molar-refractivity contribution < 1.29 is 17.0 Å². The van der Waals surface area contributed by atoms with Gasteiger partial charge in [0.1, 0.15) is 23.2 Å². The maximum atomic E-state index is 2.41. The van der Waals surface area contributed by atoms with Crippen LogP contribution in [0.2, 0.25) is 0 Å². The second-order valence-electron chi connectivity index (χ2n) is 5.01. The molecule has 110 valence electrons. The molecule has 0 atom stereocenters. The minimum Gasteiger partial charge on any atom is -1.00 e. The highest BCUT2D eigenvalue weighted by molar-refractivity contribution is 7.95. The minimum absolute atomic E-state index is 0. The molecule has 3 rings (SSSR count). The highest BCUT2D eigenvalue weighted by Crippen LogP contribution is 2.51. The largest absolute Gasteiger partial charge is 1.00 e. The lowest BCUT2D eigenvalue weighted by Gasteiger charge is -2.22. The van der Waals surface area contributed by atoms with Gasteiger partial charge in [0.2, 0.25) is 0 Å². The lowest BCUT2D eigenvalue weighted by molar-refractivity contribution is -0.00000407. The molecular formula is C19H20BrMgP. The molecule has 0 fully saturated rings. The fourth-order valence-corrected chi connectivity index (χ4v) is 5.83. The van der Waals surface area contributed by atoms with E-state index >= 15 is 0 Å². The topological polar surface area (TPSA) is 0 Å². The van der Waals surface area contributed by atoms with Gasteiger partial charge in [0.05, 0.1) is 6.66 Å². The molecule has 0 saturated carbocycles. The molecule has 3 aromatic rings. The van der Waals surface area contributed by atoms with Crippen molar-refractivity contribution in [2.75, 3.05) is 6.66 Å². The molecule has 0 N–H and O–H groups in total. The third-order valence-corrected chi connectivity index (χ3v) is 7.81. The van der Waals surface area contributed by atoms with Crippen molar-refractivity contribution in [3.05, 3.63) is 91.0 Å². The van der Waals surface area contributed by atoms with Crippen LogP contribution >= 0.6 is 7.26 Å². The van der Waals surface area contributed by atoms with Crippen LogP contribution in [0.3, 0.4) is 0 Å². The van der Waals surface area contributed by atoms with Gasteiger partial charge in [-0.3, -0.25) is 0 Å². The van der Waals surface area contributed by atoms with Gasteiger partial charge in [-0.15, -0.1) is 0 Å². The van der Waals surface area contributed by atoms with E-state index in [0.29, 0.717) is 0 Å². The molecule has 0 radical (unpaired) electrons. The summed E-state index contributed by atoms with van der Waals surface area (Å²) in [7, 11) is -1.53. The predicted octanol–water partition coefficient (Wildman–Crippen LogP) is -0.302. The minimum atomic E-state index is -1.53. The number of rotatable bonds is 3. The highest BCUT2D eigenvalue weighted by Gasteiger charge is 2.39. The lowest BCUT2D eigenvalue weighted by Crippen LogP contribution is -3.00. The molecule has 22 heavy (non-hydrogen) atoms. The molecule has 0 spiro atoms. The van der Waals surface area contributed by atoms with Crippen molar-refractivity contribution in [1.29, 1.82) is 0 Å². The van der Waals surface area contributed by atoms with Crippen molar-refractivity contribution in [3.8, 4) is 0 Å². The quantitative estimate of drug-likeness (QED) is 0.430. The fraction of sp³-hybridized carbons (Fsp3) is 0.0526. The Kier molecular flexibility index (Phi) is 7.78. The van der Waals surface area contributed by atoms with E-state index in [4.69, 9.17) is 0 Å². The summed E-state index contributed by atoms with van der Waals surface area (Å²) >= 11 is 0. The van der Waals surface area contributed by atoms with Crippen LogP contribution in [-0.2, 0) is 0 Å². The summed E-state index contributed by atoms with van der Waals surface area (Å²) in [6, 6.07) is 32.6. The van der Waals surface area contributed by atoms with Gasteiger partial charge < -0.3 is 17.0 Å². The first-order valence-electron chi connectivity index (χ1n) is 6.85. The lowest BCUT2D eigenvalue weighted by atomic mass is 10.4. The summed E-state index contributed by atoms with van der Waals surface area (Å²) in [5, 5.41) is 4.28. The normalized spacial score (nSPS) is 10.2. The van der Waals surface area contributed by atoms with Gasteiger partial charge in [-0.05, 0) is 36.4 Å².